The molecule has 0 heterocycles. The number of hydrogen-bond donors (Lipinski definition) is 5. The average molecular weight is 242 g/mol. The molecule has 0 aliphatic heterocycles. The molecule has 0 unspecified atom stereocenters. The molecule has 0 fully saturated rings. The van der Waals surface area contributed by atoms with Gasteiger partial charge in [-0.05, 0) is 7.05 Å². The monoisotopic (exact) mass is 242 g/mol. The second kappa shape index (κ2) is 29.2. The molecule has 0 aliphatic carbocycles. The van der Waals surface area contributed by atoms with E-state index in [4.69, 9.17) is 15.3 Å². The molecule has 0 radical (unpaired) electrons. The van der Waals surface area contributed by atoms with Crippen molar-refractivity contribution < 1.29 is 29.6 Å². The summed E-state index contributed by atoms with van der Waals surface area (Å²) in [4.78, 5) is 19.5. The summed E-state index contributed by atoms with van der Waals surface area (Å²) in [5, 5.41) is 25.0. The number of hydrogen-bond acceptors (Lipinski definition) is 7. The van der Waals surface area contributed by atoms with Crippen molar-refractivity contribution in [3.63, 3.8) is 0 Å². The van der Waals surface area contributed by atoms with Gasteiger partial charge in [-0.3, -0.25) is 4.79 Å². The number of nitrogens with one attached hydrogen (secondary N) is 1. The Morgan fingerprint density at radius 1 is 1.19 bits per heavy atom. The van der Waals surface area contributed by atoms with Gasteiger partial charge in [0.25, 0.3) is 0 Å². The second-order valence-corrected chi connectivity index (χ2v) is 1.57. The first-order valence-corrected chi connectivity index (χ1v) is 4.13. The molecule has 16 heavy (non-hydrogen) atoms. The number of nitrogens with two attached hydrogens (primary N) is 1. The van der Waals surface area contributed by atoms with Gasteiger partial charge in [-0.15, -0.1) is 0 Å². The number of amides is 1. The van der Waals surface area contributed by atoms with Crippen LogP contribution in [0.15, 0.2) is 0 Å². The third-order valence-corrected chi connectivity index (χ3v) is 0.779. The summed E-state index contributed by atoms with van der Waals surface area (Å²) < 4.78 is 4.01. The first kappa shape index (κ1) is 24.2. The first-order valence-electron chi connectivity index (χ1n) is 4.13. The number of methoxy groups -OCH3 is 1. The highest BCUT2D eigenvalue weighted by Crippen LogP contribution is 1.63. The normalized spacial score (nSPS) is 6.50. The fraction of sp³-hybridized carbons (Fsp3) is 0.750. The van der Waals surface area contributed by atoms with Crippen molar-refractivity contribution in [3.8, 4) is 0 Å². The molecule has 6 N–H and O–H groups in total. The second-order valence-electron chi connectivity index (χ2n) is 1.57. The molecule has 100 valence electrons. The number of aliphatic hydroxyl groups excluding tert-OH is 3. The zero-order valence-corrected chi connectivity index (χ0v) is 10.1. The maximum Gasteiger partial charge on any atom is 0.331 e. The van der Waals surface area contributed by atoms with E-state index in [0.717, 1.165) is 7.11 Å². The van der Waals surface area contributed by atoms with Crippen LogP contribution in [-0.4, -0.2) is 68.7 Å². The van der Waals surface area contributed by atoms with Crippen LogP contribution >= 0.6 is 0 Å². The van der Waals surface area contributed by atoms with Gasteiger partial charge in [0.05, 0.1) is 7.11 Å². The topological polar surface area (TPSA) is 142 Å². The van der Waals surface area contributed by atoms with E-state index < -0.39 is 19.2 Å². The summed E-state index contributed by atoms with van der Waals surface area (Å²) in [6, 6.07) is 0. The molecular weight excluding hydrogens is 220 g/mol. The van der Waals surface area contributed by atoms with Crippen LogP contribution in [-0.2, 0) is 14.3 Å². The summed E-state index contributed by atoms with van der Waals surface area (Å²) in [7, 11) is 5.19. The fourth-order valence-electron chi connectivity index (χ4n) is 0.144. The zero-order chi connectivity index (χ0) is 14.0. The Hall–Kier alpha value is -1.22. The number of ether oxygens (including phenoxy) is 1. The Kier molecular flexibility index (Phi) is 44.1. The van der Waals surface area contributed by atoms with E-state index in [1.165, 1.54) is 21.2 Å². The summed E-state index contributed by atoms with van der Waals surface area (Å²) >= 11 is 0. The van der Waals surface area contributed by atoms with Crippen molar-refractivity contribution in [2.24, 2.45) is 5.73 Å². The molecular formula is C8H22N2O6. The zero-order valence-electron chi connectivity index (χ0n) is 10.1. The van der Waals surface area contributed by atoms with E-state index in [9.17, 15) is 9.59 Å². The molecule has 1 amide bonds. The van der Waals surface area contributed by atoms with Gasteiger partial charge < -0.3 is 31.1 Å². The Balaban J connectivity index is -0.0000000686. The van der Waals surface area contributed by atoms with E-state index in [-0.39, 0.29) is 5.91 Å². The molecule has 0 aliphatic rings. The summed E-state index contributed by atoms with van der Waals surface area (Å²) in [6.45, 7) is -0.951. The SMILES string of the molecule is CN.CNC(=O)CO.CO.COC(=O)CO. The van der Waals surface area contributed by atoms with Crippen molar-refractivity contribution in [2.45, 2.75) is 0 Å². The molecule has 0 atom stereocenters. The van der Waals surface area contributed by atoms with Crippen LogP contribution in [0.4, 0.5) is 0 Å². The van der Waals surface area contributed by atoms with Gasteiger partial charge in [0, 0.05) is 14.2 Å². The average Bonchev–Trinajstić information content (AvgIpc) is 2.41. The minimum Gasteiger partial charge on any atom is -0.467 e. The highest BCUT2D eigenvalue weighted by atomic mass is 16.5. The molecule has 0 bridgehead atoms. The van der Waals surface area contributed by atoms with Crippen molar-refractivity contribution in [1.82, 2.24) is 5.32 Å². The highest BCUT2D eigenvalue weighted by Gasteiger charge is 1.89. The predicted molar refractivity (Wildman–Crippen MR) is 58.5 cm³/mol. The molecule has 8 heteroatoms. The van der Waals surface area contributed by atoms with Gasteiger partial charge in [-0.1, -0.05) is 0 Å². The minimum atomic E-state index is -0.602. The summed E-state index contributed by atoms with van der Waals surface area (Å²) in [6.07, 6.45) is 0. The Morgan fingerprint density at radius 2 is 1.56 bits per heavy atom. The fourth-order valence-corrected chi connectivity index (χ4v) is 0.144. The third-order valence-electron chi connectivity index (χ3n) is 0.779. The van der Waals surface area contributed by atoms with Crippen molar-refractivity contribution in [2.75, 3.05) is 41.5 Å². The van der Waals surface area contributed by atoms with Gasteiger partial charge in [-0.25, -0.2) is 4.79 Å². The molecule has 0 aromatic heterocycles. The van der Waals surface area contributed by atoms with Crippen molar-refractivity contribution in [1.29, 1.82) is 0 Å². The van der Waals surface area contributed by atoms with Crippen LogP contribution in [0.5, 0.6) is 0 Å². The molecule has 0 aromatic carbocycles. The largest absolute Gasteiger partial charge is 0.467 e. The lowest BCUT2D eigenvalue weighted by atomic mass is 10.7. The first-order chi connectivity index (χ1) is 7.62. The van der Waals surface area contributed by atoms with Crippen LogP contribution in [0.25, 0.3) is 0 Å². The summed E-state index contributed by atoms with van der Waals surface area (Å²) in [5.41, 5.74) is 4.50. The van der Waals surface area contributed by atoms with E-state index in [1.807, 2.05) is 0 Å². The van der Waals surface area contributed by atoms with Gasteiger partial charge in [0.1, 0.15) is 13.2 Å². The molecule has 0 aromatic rings. The quantitative estimate of drug-likeness (QED) is 0.326. The van der Waals surface area contributed by atoms with Gasteiger partial charge >= 0.3 is 5.97 Å². The number of likely N-dealkylation sites (N-methyl/N-ethyl adjacent to an activating group) is 1. The lowest BCUT2D eigenvalue weighted by Crippen LogP contribution is -2.20. The maximum absolute atomic E-state index is 9.82. The Labute approximate surface area is 95.0 Å². The molecule has 0 saturated heterocycles. The van der Waals surface area contributed by atoms with Crippen LogP contribution in [0.2, 0.25) is 0 Å². The smallest absolute Gasteiger partial charge is 0.331 e. The summed E-state index contributed by atoms with van der Waals surface area (Å²) in [5.74, 6) is -0.954. The molecule has 0 rings (SSSR count). The minimum absolute atomic E-state index is 0.352. The van der Waals surface area contributed by atoms with E-state index in [1.54, 1.807) is 0 Å². The Morgan fingerprint density at radius 3 is 1.56 bits per heavy atom. The number of carbonyl (C=O) groups is 2. The molecule has 0 saturated carbocycles. The standard InChI is InChI=1S/C3H7NO2.C3H6O3.CH5N.CH4O/c1-4-3(6)2-5;1-6-3(5)2-4;2*1-2/h5H,2H2,1H3,(H,4,6);4H,2H2,1H3;2H2,1H3;2H,1H3. The van der Waals surface area contributed by atoms with E-state index in [2.05, 4.69) is 15.8 Å². The van der Waals surface area contributed by atoms with Crippen LogP contribution < -0.4 is 11.1 Å². The van der Waals surface area contributed by atoms with E-state index >= 15 is 0 Å². The van der Waals surface area contributed by atoms with E-state index in [0.29, 0.717) is 0 Å². The van der Waals surface area contributed by atoms with Gasteiger partial charge in [0.2, 0.25) is 5.91 Å². The third kappa shape index (κ3) is 38.6. The lowest BCUT2D eigenvalue weighted by molar-refractivity contribution is -0.143. The maximum atomic E-state index is 9.82. The predicted octanol–water partition coefficient (Wildman–Crippen LogP) is -2.94. The van der Waals surface area contributed by atoms with Crippen molar-refractivity contribution in [3.05, 3.63) is 0 Å². The highest BCUT2D eigenvalue weighted by molar-refractivity contribution is 5.76. The lowest BCUT2D eigenvalue weighted by Gasteiger charge is -1.86. The van der Waals surface area contributed by atoms with Gasteiger partial charge in [0.15, 0.2) is 0 Å². The molecule has 8 nitrogen and oxygen atoms in total. The molecule has 0 spiro atoms. The van der Waals surface area contributed by atoms with Gasteiger partial charge in [-0.2, -0.15) is 0 Å². The number of aliphatic hydroxyl groups is 3. The van der Waals surface area contributed by atoms with Crippen LogP contribution in [0.1, 0.15) is 0 Å². The van der Waals surface area contributed by atoms with Crippen LogP contribution in [0, 0.1) is 0 Å². The number of carbonyl (C=O) groups excluding carboxylic acids is 2. The Bertz CT molecular complexity index is 114. The number of esters is 1. The number of rotatable bonds is 2. The van der Waals surface area contributed by atoms with Crippen molar-refractivity contribution >= 4 is 11.9 Å². The van der Waals surface area contributed by atoms with Crippen LogP contribution in [0.3, 0.4) is 0 Å².